The predicted molar refractivity (Wildman–Crippen MR) is 113 cm³/mol. The molecule has 0 aliphatic carbocycles. The molecule has 5 rings (SSSR count). The summed E-state index contributed by atoms with van der Waals surface area (Å²) in [6.07, 6.45) is 2.17. The Morgan fingerprint density at radius 2 is 1.70 bits per heavy atom. The van der Waals surface area contributed by atoms with Crippen molar-refractivity contribution in [1.29, 1.82) is 0 Å². The van der Waals surface area contributed by atoms with Crippen LogP contribution in [0.2, 0.25) is 0 Å². The molecular formula is C22H27N8+. The molecule has 4 aromatic rings. The number of nitrogens with one attached hydrogen (secondary N) is 1. The van der Waals surface area contributed by atoms with Crippen molar-refractivity contribution in [2.75, 3.05) is 13.1 Å². The maximum atomic E-state index is 4.45. The van der Waals surface area contributed by atoms with E-state index in [0.29, 0.717) is 12.6 Å². The Balaban J connectivity index is 1.22. The largest absolute Gasteiger partial charge is 0.328 e. The van der Waals surface area contributed by atoms with E-state index in [4.69, 9.17) is 0 Å². The van der Waals surface area contributed by atoms with Gasteiger partial charge >= 0.3 is 0 Å². The fourth-order valence-corrected chi connectivity index (χ4v) is 4.32. The number of piperidine rings is 1. The lowest BCUT2D eigenvalue weighted by Crippen LogP contribution is -3.11. The van der Waals surface area contributed by atoms with Gasteiger partial charge in [0.15, 0.2) is 0 Å². The summed E-state index contributed by atoms with van der Waals surface area (Å²) in [4.78, 5) is 1.52. The molecule has 154 valence electrons. The van der Waals surface area contributed by atoms with Gasteiger partial charge < -0.3 is 4.90 Å². The van der Waals surface area contributed by atoms with Crippen molar-refractivity contribution in [3.8, 4) is 0 Å². The van der Waals surface area contributed by atoms with Gasteiger partial charge in [-0.25, -0.2) is 9.36 Å². The van der Waals surface area contributed by atoms with Crippen LogP contribution in [0.1, 0.15) is 41.4 Å². The molecule has 1 fully saturated rings. The summed E-state index contributed by atoms with van der Waals surface area (Å²) in [6.45, 7) is 7.91. The second-order valence-electron chi connectivity index (χ2n) is 8.42. The van der Waals surface area contributed by atoms with E-state index in [1.54, 1.807) is 0 Å². The summed E-state index contributed by atoms with van der Waals surface area (Å²) >= 11 is 0. The number of quaternary nitrogens is 1. The molecule has 0 bridgehead atoms. The van der Waals surface area contributed by atoms with E-state index in [0.717, 1.165) is 49.3 Å². The van der Waals surface area contributed by atoms with Gasteiger partial charge in [0.05, 0.1) is 31.2 Å². The van der Waals surface area contributed by atoms with Gasteiger partial charge in [0.25, 0.3) is 0 Å². The average molecular weight is 404 g/mol. The second kappa shape index (κ2) is 7.95. The molecule has 0 atom stereocenters. The number of rotatable bonds is 5. The van der Waals surface area contributed by atoms with Crippen LogP contribution in [0.25, 0.3) is 11.0 Å². The van der Waals surface area contributed by atoms with Gasteiger partial charge in [0.1, 0.15) is 12.1 Å². The zero-order chi connectivity index (χ0) is 20.5. The Bertz CT molecular complexity index is 1140. The first-order valence-electron chi connectivity index (χ1n) is 10.6. The van der Waals surface area contributed by atoms with Crippen LogP contribution in [0, 0.1) is 13.8 Å². The van der Waals surface area contributed by atoms with Crippen LogP contribution in [0.15, 0.2) is 42.5 Å². The number of tetrazole rings is 1. The molecule has 8 heteroatoms. The van der Waals surface area contributed by atoms with Crippen molar-refractivity contribution < 1.29 is 4.90 Å². The topological polar surface area (TPSA) is 78.8 Å². The number of benzene rings is 2. The first-order valence-corrected chi connectivity index (χ1v) is 10.6. The van der Waals surface area contributed by atoms with E-state index >= 15 is 0 Å². The van der Waals surface area contributed by atoms with Crippen LogP contribution >= 0.6 is 0 Å². The van der Waals surface area contributed by atoms with E-state index in [1.807, 2.05) is 4.68 Å². The lowest BCUT2D eigenvalue weighted by Gasteiger charge is -2.29. The highest BCUT2D eigenvalue weighted by molar-refractivity contribution is 5.75. The Morgan fingerprint density at radius 1 is 0.933 bits per heavy atom. The number of fused-ring (bicyclic) bond motifs is 1. The van der Waals surface area contributed by atoms with Crippen LogP contribution in [0.5, 0.6) is 0 Å². The predicted octanol–water partition coefficient (Wildman–Crippen LogP) is 1.50. The van der Waals surface area contributed by atoms with Crippen molar-refractivity contribution in [1.82, 2.24) is 35.2 Å². The van der Waals surface area contributed by atoms with Gasteiger partial charge in [-0.15, -0.1) is 10.2 Å². The Morgan fingerprint density at radius 3 is 2.50 bits per heavy atom. The first kappa shape index (κ1) is 18.9. The summed E-state index contributed by atoms with van der Waals surface area (Å²) in [5.74, 6) is 0.950. The van der Waals surface area contributed by atoms with Crippen LogP contribution < -0.4 is 4.90 Å². The summed E-state index contributed by atoms with van der Waals surface area (Å²) < 4.78 is 4.05. The third-order valence-corrected chi connectivity index (χ3v) is 6.10. The number of hydrogen-bond donors (Lipinski definition) is 1. The SMILES string of the molecule is Cc1ccc(Cn2nnnc2C[NH+]2CCC(n3nnc4cc(C)ccc43)CC2)cc1. The van der Waals surface area contributed by atoms with Crippen molar-refractivity contribution >= 4 is 11.0 Å². The molecule has 2 aromatic heterocycles. The van der Waals surface area contributed by atoms with Gasteiger partial charge in [0, 0.05) is 12.8 Å². The van der Waals surface area contributed by atoms with E-state index in [2.05, 4.69) is 86.8 Å². The maximum absolute atomic E-state index is 4.45. The molecule has 8 nitrogen and oxygen atoms in total. The van der Waals surface area contributed by atoms with Crippen LogP contribution in [-0.2, 0) is 13.1 Å². The quantitative estimate of drug-likeness (QED) is 0.546. The van der Waals surface area contributed by atoms with E-state index in [9.17, 15) is 0 Å². The average Bonchev–Trinajstić information content (AvgIpc) is 3.37. The highest BCUT2D eigenvalue weighted by Gasteiger charge is 2.27. The highest BCUT2D eigenvalue weighted by atomic mass is 15.5. The molecule has 30 heavy (non-hydrogen) atoms. The van der Waals surface area contributed by atoms with E-state index < -0.39 is 0 Å². The zero-order valence-electron chi connectivity index (χ0n) is 17.5. The van der Waals surface area contributed by atoms with Crippen molar-refractivity contribution in [3.05, 3.63) is 65.0 Å². The Kier molecular flexibility index (Phi) is 5.00. The summed E-state index contributed by atoms with van der Waals surface area (Å²) in [5, 5.41) is 21.3. The molecule has 0 radical (unpaired) electrons. The number of aromatic nitrogens is 7. The fourth-order valence-electron chi connectivity index (χ4n) is 4.32. The van der Waals surface area contributed by atoms with E-state index in [-0.39, 0.29) is 0 Å². The minimum Gasteiger partial charge on any atom is -0.328 e. The molecule has 1 aliphatic heterocycles. The second-order valence-corrected chi connectivity index (χ2v) is 8.42. The monoisotopic (exact) mass is 403 g/mol. The van der Waals surface area contributed by atoms with Gasteiger partial charge in [0.2, 0.25) is 5.82 Å². The molecule has 0 unspecified atom stereocenters. The normalized spacial score (nSPS) is 19.4. The third kappa shape index (κ3) is 3.82. The lowest BCUT2D eigenvalue weighted by atomic mass is 10.0. The van der Waals surface area contributed by atoms with Gasteiger partial charge in [-0.05, 0) is 47.5 Å². The Labute approximate surface area is 175 Å². The van der Waals surface area contributed by atoms with Crippen molar-refractivity contribution in [2.45, 2.75) is 45.8 Å². The number of likely N-dealkylation sites (tertiary alicyclic amines) is 1. The maximum Gasteiger partial charge on any atom is 0.206 e. The molecule has 1 saturated heterocycles. The molecule has 0 saturated carbocycles. The number of aryl methyl sites for hydroxylation is 2. The summed E-state index contributed by atoms with van der Waals surface area (Å²) in [6, 6.07) is 15.3. The van der Waals surface area contributed by atoms with Crippen LogP contribution in [-0.4, -0.2) is 48.3 Å². The van der Waals surface area contributed by atoms with Gasteiger partial charge in [-0.1, -0.05) is 41.1 Å². The molecule has 1 aliphatic rings. The van der Waals surface area contributed by atoms with Crippen LogP contribution in [0.3, 0.4) is 0 Å². The van der Waals surface area contributed by atoms with Crippen LogP contribution in [0.4, 0.5) is 0 Å². The first-order chi connectivity index (χ1) is 14.7. The summed E-state index contributed by atoms with van der Waals surface area (Å²) in [5.41, 5.74) is 5.82. The molecule has 1 N–H and O–H groups in total. The smallest absolute Gasteiger partial charge is 0.206 e. The zero-order valence-corrected chi connectivity index (χ0v) is 17.5. The van der Waals surface area contributed by atoms with Gasteiger partial charge in [-0.3, -0.25) is 0 Å². The molecule has 0 amide bonds. The standard InChI is InChI=1S/C22H26N8/c1-16-3-6-18(7-4-16)14-29-22(24-25-27-29)15-28-11-9-19(10-12-28)30-21-8-5-17(2)13-20(21)23-26-30/h3-8,13,19H,9-12,14-15H2,1-2H3/p+1. The minimum atomic E-state index is 0.407. The molecule has 2 aromatic carbocycles. The van der Waals surface area contributed by atoms with E-state index in [1.165, 1.54) is 21.6 Å². The number of nitrogens with zero attached hydrogens (tertiary/aromatic N) is 7. The molecule has 3 heterocycles. The minimum absolute atomic E-state index is 0.407. The highest BCUT2D eigenvalue weighted by Crippen LogP contribution is 2.22. The number of hydrogen-bond acceptors (Lipinski definition) is 5. The van der Waals surface area contributed by atoms with Gasteiger partial charge in [-0.2, -0.15) is 0 Å². The molecular weight excluding hydrogens is 376 g/mol. The Hall–Kier alpha value is -3.13. The van der Waals surface area contributed by atoms with Crippen molar-refractivity contribution in [2.24, 2.45) is 0 Å². The molecule has 0 spiro atoms. The third-order valence-electron chi connectivity index (χ3n) is 6.10. The van der Waals surface area contributed by atoms with Crippen molar-refractivity contribution in [3.63, 3.8) is 0 Å². The summed E-state index contributed by atoms with van der Waals surface area (Å²) in [7, 11) is 0. The fraction of sp³-hybridized carbons (Fsp3) is 0.409. The lowest BCUT2D eigenvalue weighted by molar-refractivity contribution is -0.920.